The summed E-state index contributed by atoms with van der Waals surface area (Å²) in [6.45, 7) is 0. The van der Waals surface area contributed by atoms with Crippen molar-refractivity contribution >= 4 is 12.1 Å². The zero-order valence-electron chi connectivity index (χ0n) is 6.35. The van der Waals surface area contributed by atoms with Crippen molar-refractivity contribution in [3.63, 3.8) is 0 Å². The van der Waals surface area contributed by atoms with Crippen LogP contribution < -0.4 is 5.32 Å². The van der Waals surface area contributed by atoms with Gasteiger partial charge in [-0.3, -0.25) is 4.79 Å². The number of hydrogen-bond acceptors (Lipinski definition) is 1. The first-order valence-electron chi connectivity index (χ1n) is 3.34. The fraction of sp³-hybridized carbons (Fsp3) is 0.125. The molecule has 0 spiro atoms. The smallest absolute Gasteiger partial charge is 0.318 e. The number of hydrogen-bond donors (Lipinski definition) is 1. The average Bonchev–Trinajstić information content (AvgIpc) is 2.04. The predicted octanol–water partition coefficient (Wildman–Crippen LogP) is 2.18. The van der Waals surface area contributed by atoms with Gasteiger partial charge in [-0.05, 0) is 24.3 Å². The summed E-state index contributed by atoms with van der Waals surface area (Å²) >= 11 is 0. The summed E-state index contributed by atoms with van der Waals surface area (Å²) < 4.78 is 36.0. The minimum atomic E-state index is -4.34. The van der Waals surface area contributed by atoms with E-state index < -0.39 is 11.7 Å². The minimum Gasteiger partial charge on any atom is -0.318 e. The Labute approximate surface area is 72.4 Å². The lowest BCUT2D eigenvalue weighted by Gasteiger charge is -2.06. The monoisotopic (exact) mass is 188 g/mol. The number of anilines is 1. The summed E-state index contributed by atoms with van der Waals surface area (Å²) in [7, 11) is 0. The van der Waals surface area contributed by atoms with Crippen LogP contribution in [-0.4, -0.2) is 6.41 Å². The Bertz CT molecular complexity index is 291. The van der Waals surface area contributed by atoms with E-state index in [2.05, 4.69) is 5.32 Å². The zero-order valence-corrected chi connectivity index (χ0v) is 6.35. The summed E-state index contributed by atoms with van der Waals surface area (Å²) in [5, 5.41) is 2.11. The van der Waals surface area contributed by atoms with Gasteiger partial charge >= 0.3 is 12.6 Å². The molecule has 5 heteroatoms. The van der Waals surface area contributed by atoms with Crippen molar-refractivity contribution in [2.24, 2.45) is 0 Å². The Hall–Kier alpha value is -1.52. The SMILES string of the molecule is O=[C]Nc1ccc(C(F)(F)F)cc1. The summed E-state index contributed by atoms with van der Waals surface area (Å²) in [4.78, 5) is 9.80. The van der Waals surface area contributed by atoms with Gasteiger partial charge in [0, 0.05) is 5.69 Å². The molecule has 0 saturated carbocycles. The van der Waals surface area contributed by atoms with E-state index in [1.165, 1.54) is 6.41 Å². The van der Waals surface area contributed by atoms with Gasteiger partial charge in [0.2, 0.25) is 0 Å². The normalized spacial score (nSPS) is 11.0. The molecule has 0 aliphatic rings. The highest BCUT2D eigenvalue weighted by molar-refractivity contribution is 5.71. The van der Waals surface area contributed by atoms with Gasteiger partial charge in [-0.1, -0.05) is 0 Å². The van der Waals surface area contributed by atoms with Gasteiger partial charge in [0.1, 0.15) is 0 Å². The van der Waals surface area contributed by atoms with Crippen molar-refractivity contribution in [3.05, 3.63) is 29.8 Å². The van der Waals surface area contributed by atoms with Crippen molar-refractivity contribution in [2.75, 3.05) is 5.32 Å². The first kappa shape index (κ1) is 9.57. The van der Waals surface area contributed by atoms with Crippen LogP contribution >= 0.6 is 0 Å². The van der Waals surface area contributed by atoms with Crippen LogP contribution in [0.5, 0.6) is 0 Å². The van der Waals surface area contributed by atoms with Gasteiger partial charge < -0.3 is 5.32 Å². The summed E-state index contributed by atoms with van der Waals surface area (Å²) in [6, 6.07) is 4.10. The molecule has 1 aromatic carbocycles. The van der Waals surface area contributed by atoms with Gasteiger partial charge in [0.05, 0.1) is 5.56 Å². The highest BCUT2D eigenvalue weighted by atomic mass is 19.4. The molecule has 0 bridgehead atoms. The van der Waals surface area contributed by atoms with Gasteiger partial charge in [-0.25, -0.2) is 0 Å². The van der Waals surface area contributed by atoms with Crippen molar-refractivity contribution in [2.45, 2.75) is 6.18 Å². The number of rotatable bonds is 2. The van der Waals surface area contributed by atoms with Gasteiger partial charge in [0.25, 0.3) is 0 Å². The fourth-order valence-corrected chi connectivity index (χ4v) is 0.801. The highest BCUT2D eigenvalue weighted by Gasteiger charge is 2.29. The standard InChI is InChI=1S/C8H5F3NO/c9-8(10,11)6-1-3-7(4-2-6)12-5-13/h1-4H,(H,12,13). The van der Waals surface area contributed by atoms with Crippen LogP contribution in [0.2, 0.25) is 0 Å². The summed E-state index contributed by atoms with van der Waals surface area (Å²) in [6.07, 6.45) is -2.98. The van der Waals surface area contributed by atoms with Crippen LogP contribution in [0, 0.1) is 0 Å². The van der Waals surface area contributed by atoms with Gasteiger partial charge in [-0.15, -0.1) is 0 Å². The molecule has 69 valence electrons. The number of amides is 1. The van der Waals surface area contributed by atoms with Crippen LogP contribution in [0.25, 0.3) is 0 Å². The maximum absolute atomic E-state index is 12.0. The van der Waals surface area contributed by atoms with Crippen molar-refractivity contribution in [1.29, 1.82) is 0 Å². The van der Waals surface area contributed by atoms with Gasteiger partial charge in [0.15, 0.2) is 0 Å². The van der Waals surface area contributed by atoms with Crippen molar-refractivity contribution in [3.8, 4) is 0 Å². The summed E-state index contributed by atoms with van der Waals surface area (Å²) in [5.41, 5.74) is -0.466. The van der Waals surface area contributed by atoms with Crippen LogP contribution in [0.3, 0.4) is 0 Å². The van der Waals surface area contributed by atoms with E-state index in [-0.39, 0.29) is 5.69 Å². The number of alkyl halides is 3. The molecule has 2 nitrogen and oxygen atoms in total. The van der Waals surface area contributed by atoms with Crippen LogP contribution in [0.1, 0.15) is 5.56 Å². The Kier molecular flexibility index (Phi) is 2.55. The molecule has 0 heterocycles. The van der Waals surface area contributed by atoms with Crippen molar-refractivity contribution in [1.82, 2.24) is 0 Å². The maximum atomic E-state index is 12.0. The minimum absolute atomic E-state index is 0.281. The quantitative estimate of drug-likeness (QED) is 0.708. The van der Waals surface area contributed by atoms with Crippen LogP contribution in [-0.2, 0) is 11.0 Å². The third-order valence-electron chi connectivity index (χ3n) is 1.41. The van der Waals surface area contributed by atoms with Crippen LogP contribution in [0.15, 0.2) is 24.3 Å². The molecule has 0 aromatic heterocycles. The third-order valence-corrected chi connectivity index (χ3v) is 1.41. The van der Waals surface area contributed by atoms with Crippen LogP contribution in [0.4, 0.5) is 18.9 Å². The third kappa shape index (κ3) is 2.47. The molecule has 0 aliphatic heterocycles. The molecule has 1 rings (SSSR count). The molecule has 0 unspecified atom stereocenters. The van der Waals surface area contributed by atoms with Gasteiger partial charge in [-0.2, -0.15) is 13.2 Å². The second-order valence-electron chi connectivity index (χ2n) is 2.30. The lowest BCUT2D eigenvalue weighted by atomic mass is 10.2. The molecule has 1 N–H and O–H groups in total. The highest BCUT2D eigenvalue weighted by Crippen LogP contribution is 2.29. The molecular weight excluding hydrogens is 183 g/mol. The molecule has 0 fully saturated rings. The Morgan fingerprint density at radius 3 is 2.08 bits per heavy atom. The Morgan fingerprint density at radius 1 is 1.15 bits per heavy atom. The average molecular weight is 188 g/mol. The second kappa shape index (κ2) is 3.47. The maximum Gasteiger partial charge on any atom is 0.416 e. The topological polar surface area (TPSA) is 29.1 Å². The first-order valence-corrected chi connectivity index (χ1v) is 3.34. The molecule has 1 aromatic rings. The van der Waals surface area contributed by atoms with E-state index in [4.69, 9.17) is 0 Å². The number of carbonyl (C=O) groups excluding carboxylic acids is 1. The molecule has 1 amide bonds. The molecule has 0 aliphatic carbocycles. The summed E-state index contributed by atoms with van der Waals surface area (Å²) in [5.74, 6) is 0. The molecule has 1 radical (unpaired) electrons. The fourth-order valence-electron chi connectivity index (χ4n) is 0.801. The molecule has 13 heavy (non-hydrogen) atoms. The second-order valence-corrected chi connectivity index (χ2v) is 2.30. The van der Waals surface area contributed by atoms with E-state index in [0.29, 0.717) is 0 Å². The first-order chi connectivity index (χ1) is 6.04. The number of halogens is 3. The lowest BCUT2D eigenvalue weighted by molar-refractivity contribution is -0.137. The van der Waals surface area contributed by atoms with E-state index in [9.17, 15) is 18.0 Å². The number of benzene rings is 1. The molecular formula is C8H5F3NO. The van der Waals surface area contributed by atoms with Crippen molar-refractivity contribution < 1.29 is 18.0 Å². The molecule has 0 atom stereocenters. The van der Waals surface area contributed by atoms with E-state index >= 15 is 0 Å². The largest absolute Gasteiger partial charge is 0.416 e. The predicted molar refractivity (Wildman–Crippen MR) is 40.8 cm³/mol. The Balaban J connectivity index is 2.87. The molecule has 0 saturated heterocycles. The lowest BCUT2D eigenvalue weighted by Crippen LogP contribution is -2.04. The van der Waals surface area contributed by atoms with E-state index in [1.807, 2.05) is 0 Å². The van der Waals surface area contributed by atoms with E-state index in [1.54, 1.807) is 0 Å². The van der Waals surface area contributed by atoms with E-state index in [0.717, 1.165) is 24.3 Å². The number of nitrogens with one attached hydrogen (secondary N) is 1. The Morgan fingerprint density at radius 2 is 1.69 bits per heavy atom. The zero-order chi connectivity index (χ0) is 9.90.